The van der Waals surface area contributed by atoms with Crippen molar-refractivity contribution in [3.05, 3.63) is 59.8 Å². The van der Waals surface area contributed by atoms with E-state index in [1.807, 2.05) is 12.1 Å². The average molecular weight is 324 g/mol. The van der Waals surface area contributed by atoms with Crippen LogP contribution in [0.25, 0.3) is 10.9 Å². The van der Waals surface area contributed by atoms with Gasteiger partial charge in [-0.2, -0.15) is 5.10 Å². The monoisotopic (exact) mass is 324 g/mol. The van der Waals surface area contributed by atoms with Crippen LogP contribution in [0.3, 0.4) is 0 Å². The van der Waals surface area contributed by atoms with Gasteiger partial charge in [0.2, 0.25) is 5.91 Å². The predicted octanol–water partition coefficient (Wildman–Crippen LogP) is 2.79. The summed E-state index contributed by atoms with van der Waals surface area (Å²) in [5.74, 6) is -1.09. The maximum Gasteiger partial charge on any atom is 0.228 e. The molecule has 1 aromatic carbocycles. The largest absolute Gasteiger partial charge is 0.369 e. The van der Waals surface area contributed by atoms with Crippen molar-refractivity contribution >= 4 is 16.8 Å². The molecule has 0 spiro atoms. The molecule has 3 N–H and O–H groups in total. The first-order chi connectivity index (χ1) is 11.6. The van der Waals surface area contributed by atoms with E-state index in [1.165, 1.54) is 6.20 Å². The third-order valence-electron chi connectivity index (χ3n) is 5.22. The van der Waals surface area contributed by atoms with Gasteiger partial charge in [0.15, 0.2) is 0 Å². The zero-order valence-corrected chi connectivity index (χ0v) is 13.0. The van der Waals surface area contributed by atoms with Crippen molar-refractivity contribution in [2.75, 3.05) is 0 Å². The molecule has 0 bridgehead atoms. The second kappa shape index (κ2) is 5.40. The van der Waals surface area contributed by atoms with Gasteiger partial charge < -0.3 is 5.73 Å². The number of benzene rings is 1. The third-order valence-corrected chi connectivity index (χ3v) is 5.22. The second-order valence-corrected chi connectivity index (χ2v) is 6.33. The van der Waals surface area contributed by atoms with Gasteiger partial charge in [0.1, 0.15) is 5.82 Å². The molecule has 1 aliphatic carbocycles. The zero-order valence-electron chi connectivity index (χ0n) is 13.0. The van der Waals surface area contributed by atoms with Gasteiger partial charge in [-0.15, -0.1) is 0 Å². The summed E-state index contributed by atoms with van der Waals surface area (Å²) in [6.45, 7) is 0. The normalized spacial score (nSPS) is 23.6. The Bertz CT molecular complexity index is 908. The number of rotatable bonds is 3. The Morgan fingerprint density at radius 1 is 1.33 bits per heavy atom. The third kappa shape index (κ3) is 1.95. The van der Waals surface area contributed by atoms with E-state index in [2.05, 4.69) is 15.2 Å². The number of amides is 1. The standard InChI is InChI=1S/C18H17FN4O/c19-16-12-10-22-23-15(12)6-5-14(16)18(17(20)24)7-1-4-13(18)11-3-2-8-21-9-11/h2-3,5-6,8-10,13H,1,4,7H2,(H2,20,24)(H,22,23). The molecule has 5 nitrogen and oxygen atoms in total. The minimum atomic E-state index is -1.06. The molecule has 6 heteroatoms. The van der Waals surface area contributed by atoms with E-state index < -0.39 is 17.1 Å². The molecule has 1 saturated carbocycles. The van der Waals surface area contributed by atoms with Crippen LogP contribution in [0.4, 0.5) is 4.39 Å². The minimum absolute atomic E-state index is 0.178. The Labute approximate surface area is 138 Å². The maximum absolute atomic E-state index is 15.2. The molecule has 122 valence electrons. The number of hydrogen-bond acceptors (Lipinski definition) is 3. The van der Waals surface area contributed by atoms with E-state index in [4.69, 9.17) is 5.73 Å². The average Bonchev–Trinajstić information content (AvgIpc) is 3.23. The molecule has 24 heavy (non-hydrogen) atoms. The fourth-order valence-electron chi connectivity index (χ4n) is 4.12. The van der Waals surface area contributed by atoms with Gasteiger partial charge >= 0.3 is 0 Å². The molecule has 1 fully saturated rings. The number of fused-ring (bicyclic) bond motifs is 1. The summed E-state index contributed by atoms with van der Waals surface area (Å²) in [6, 6.07) is 7.17. The highest BCUT2D eigenvalue weighted by Crippen LogP contribution is 2.52. The number of halogens is 1. The number of primary amides is 1. The number of nitrogens with two attached hydrogens (primary N) is 1. The van der Waals surface area contributed by atoms with Crippen molar-refractivity contribution in [3.8, 4) is 0 Å². The van der Waals surface area contributed by atoms with Gasteiger partial charge in [0, 0.05) is 23.9 Å². The minimum Gasteiger partial charge on any atom is -0.369 e. The Morgan fingerprint density at radius 3 is 2.96 bits per heavy atom. The molecule has 2 heterocycles. The molecule has 3 aromatic rings. The number of carbonyl (C=O) groups excluding carboxylic acids is 1. The summed E-state index contributed by atoms with van der Waals surface area (Å²) < 4.78 is 15.2. The SMILES string of the molecule is NC(=O)C1(c2ccc3[nH]ncc3c2F)CCCC1c1cccnc1. The van der Waals surface area contributed by atoms with Crippen LogP contribution in [0.2, 0.25) is 0 Å². The second-order valence-electron chi connectivity index (χ2n) is 6.33. The Morgan fingerprint density at radius 2 is 2.21 bits per heavy atom. The lowest BCUT2D eigenvalue weighted by atomic mass is 9.69. The van der Waals surface area contributed by atoms with Crippen molar-refractivity contribution in [3.63, 3.8) is 0 Å². The number of nitrogens with one attached hydrogen (secondary N) is 1. The number of nitrogens with zero attached hydrogens (tertiary/aromatic N) is 2. The molecule has 0 aliphatic heterocycles. The number of aromatic nitrogens is 3. The Kier molecular flexibility index (Phi) is 3.33. The van der Waals surface area contributed by atoms with Crippen molar-refractivity contribution in [2.24, 2.45) is 5.73 Å². The topological polar surface area (TPSA) is 84.7 Å². The van der Waals surface area contributed by atoms with Crippen molar-refractivity contribution < 1.29 is 9.18 Å². The van der Waals surface area contributed by atoms with Crippen molar-refractivity contribution in [1.82, 2.24) is 15.2 Å². The number of pyridine rings is 1. The van der Waals surface area contributed by atoms with Crippen molar-refractivity contribution in [1.29, 1.82) is 0 Å². The first-order valence-electron chi connectivity index (χ1n) is 7.96. The van der Waals surface area contributed by atoms with E-state index in [0.29, 0.717) is 22.9 Å². The number of H-pyrrole nitrogens is 1. The van der Waals surface area contributed by atoms with Crippen LogP contribution in [-0.2, 0) is 10.2 Å². The molecule has 1 aliphatic rings. The van der Waals surface area contributed by atoms with Gasteiger partial charge in [-0.05, 0) is 30.5 Å². The van der Waals surface area contributed by atoms with Crippen LogP contribution in [0.1, 0.15) is 36.3 Å². The van der Waals surface area contributed by atoms with E-state index in [-0.39, 0.29) is 5.92 Å². The lowest BCUT2D eigenvalue weighted by molar-refractivity contribution is -0.124. The summed E-state index contributed by atoms with van der Waals surface area (Å²) in [5, 5.41) is 7.01. The molecular weight excluding hydrogens is 307 g/mol. The first-order valence-corrected chi connectivity index (χ1v) is 7.96. The Hall–Kier alpha value is -2.76. The smallest absolute Gasteiger partial charge is 0.228 e. The molecule has 1 amide bonds. The van der Waals surface area contributed by atoms with Gasteiger partial charge in [0.05, 0.1) is 22.5 Å². The lowest BCUT2D eigenvalue weighted by Gasteiger charge is -2.33. The molecule has 4 rings (SSSR count). The summed E-state index contributed by atoms with van der Waals surface area (Å²) in [4.78, 5) is 16.7. The number of aromatic amines is 1. The van der Waals surface area contributed by atoms with Gasteiger partial charge in [-0.3, -0.25) is 14.9 Å². The highest BCUT2D eigenvalue weighted by atomic mass is 19.1. The quantitative estimate of drug-likeness (QED) is 0.777. The van der Waals surface area contributed by atoms with Gasteiger partial charge in [0.25, 0.3) is 0 Å². The number of hydrogen-bond donors (Lipinski definition) is 2. The van der Waals surface area contributed by atoms with Crippen LogP contribution in [0.15, 0.2) is 42.9 Å². The van der Waals surface area contributed by atoms with Crippen LogP contribution in [0, 0.1) is 5.82 Å². The molecule has 2 unspecified atom stereocenters. The van der Waals surface area contributed by atoms with E-state index in [0.717, 1.165) is 18.4 Å². The van der Waals surface area contributed by atoms with Crippen LogP contribution < -0.4 is 5.73 Å². The highest BCUT2D eigenvalue weighted by Gasteiger charge is 2.51. The van der Waals surface area contributed by atoms with E-state index in [9.17, 15) is 4.79 Å². The fraction of sp³-hybridized carbons (Fsp3) is 0.278. The maximum atomic E-state index is 15.2. The summed E-state index contributed by atoms with van der Waals surface area (Å²) in [7, 11) is 0. The fourth-order valence-corrected chi connectivity index (χ4v) is 4.12. The molecule has 2 atom stereocenters. The van der Waals surface area contributed by atoms with E-state index in [1.54, 1.807) is 24.5 Å². The molecule has 0 saturated heterocycles. The number of carbonyl (C=O) groups is 1. The lowest BCUT2D eigenvalue weighted by Crippen LogP contribution is -2.44. The summed E-state index contributed by atoms with van der Waals surface area (Å²) >= 11 is 0. The zero-order chi connectivity index (χ0) is 16.7. The van der Waals surface area contributed by atoms with Crippen LogP contribution in [0.5, 0.6) is 0 Å². The summed E-state index contributed by atoms with van der Waals surface area (Å²) in [5.41, 5.74) is 6.65. The van der Waals surface area contributed by atoms with Gasteiger partial charge in [-0.1, -0.05) is 18.6 Å². The molecular formula is C18H17FN4O. The molecule has 2 aromatic heterocycles. The Balaban J connectivity index is 1.95. The first kappa shape index (κ1) is 14.8. The highest BCUT2D eigenvalue weighted by molar-refractivity contribution is 5.91. The predicted molar refractivity (Wildman–Crippen MR) is 87.8 cm³/mol. The van der Waals surface area contributed by atoms with Crippen LogP contribution >= 0.6 is 0 Å². The van der Waals surface area contributed by atoms with Crippen molar-refractivity contribution in [2.45, 2.75) is 30.6 Å². The van der Waals surface area contributed by atoms with E-state index >= 15 is 4.39 Å². The van der Waals surface area contributed by atoms with Gasteiger partial charge in [-0.25, -0.2) is 4.39 Å². The summed E-state index contributed by atoms with van der Waals surface area (Å²) in [6.07, 6.45) is 6.98. The molecule has 0 radical (unpaired) electrons. The van der Waals surface area contributed by atoms with Crippen LogP contribution in [-0.4, -0.2) is 21.1 Å².